The first-order chi connectivity index (χ1) is 9.70. The Balaban J connectivity index is 2.20. The zero-order valence-electron chi connectivity index (χ0n) is 11.7. The molecule has 1 saturated carbocycles. The molecule has 4 heteroatoms. The van der Waals surface area contributed by atoms with Crippen LogP contribution in [0, 0.1) is 0 Å². The number of hydrogen-bond donors (Lipinski definition) is 0. The summed E-state index contributed by atoms with van der Waals surface area (Å²) in [6.07, 6.45) is 7.79. The van der Waals surface area contributed by atoms with Gasteiger partial charge in [0.1, 0.15) is 5.15 Å². The average molecular weight is 291 g/mol. The molecule has 3 nitrogen and oxygen atoms in total. The molecule has 1 aliphatic carbocycles. The van der Waals surface area contributed by atoms with E-state index >= 15 is 0 Å². The first kappa shape index (κ1) is 13.6. The van der Waals surface area contributed by atoms with E-state index in [0.29, 0.717) is 17.6 Å². The van der Waals surface area contributed by atoms with Gasteiger partial charge in [-0.25, -0.2) is 4.98 Å². The van der Waals surface area contributed by atoms with Crippen LogP contribution in [-0.4, -0.2) is 9.55 Å². The number of halogens is 1. The Morgan fingerprint density at radius 2 is 2.05 bits per heavy atom. The van der Waals surface area contributed by atoms with Gasteiger partial charge in [0.05, 0.1) is 5.52 Å². The largest absolute Gasteiger partial charge is 0.308 e. The van der Waals surface area contributed by atoms with E-state index < -0.39 is 0 Å². The highest BCUT2D eigenvalue weighted by Gasteiger charge is 2.20. The van der Waals surface area contributed by atoms with Gasteiger partial charge in [0.25, 0.3) is 5.56 Å². The summed E-state index contributed by atoms with van der Waals surface area (Å²) < 4.78 is 1.83. The first-order valence-electron chi connectivity index (χ1n) is 7.39. The Bertz CT molecular complexity index is 687. The van der Waals surface area contributed by atoms with Crippen molar-refractivity contribution in [3.8, 4) is 0 Å². The lowest BCUT2D eigenvalue weighted by molar-refractivity contribution is 0.439. The van der Waals surface area contributed by atoms with Gasteiger partial charge in [0.15, 0.2) is 0 Å². The van der Waals surface area contributed by atoms with Crippen LogP contribution >= 0.6 is 11.6 Å². The van der Waals surface area contributed by atoms with Crippen LogP contribution < -0.4 is 5.56 Å². The predicted molar refractivity (Wildman–Crippen MR) is 82.5 cm³/mol. The Morgan fingerprint density at radius 1 is 1.30 bits per heavy atom. The van der Waals surface area contributed by atoms with Crippen molar-refractivity contribution < 1.29 is 0 Å². The second kappa shape index (κ2) is 5.57. The van der Waals surface area contributed by atoms with E-state index in [1.54, 1.807) is 12.3 Å². The summed E-state index contributed by atoms with van der Waals surface area (Å²) in [5, 5.41) is 1.45. The Morgan fingerprint density at radius 3 is 2.75 bits per heavy atom. The molecule has 0 atom stereocenters. The molecular weight excluding hydrogens is 272 g/mol. The minimum atomic E-state index is 0.147. The minimum Gasteiger partial charge on any atom is -0.308 e. The molecule has 0 unspecified atom stereocenters. The van der Waals surface area contributed by atoms with Crippen molar-refractivity contribution in [3.05, 3.63) is 39.4 Å². The van der Waals surface area contributed by atoms with Gasteiger partial charge in [0, 0.05) is 23.7 Å². The maximum atomic E-state index is 12.7. The third-order valence-electron chi connectivity index (χ3n) is 4.33. The van der Waals surface area contributed by atoms with Crippen LogP contribution in [-0.2, 0) is 6.54 Å². The smallest absolute Gasteiger partial charge is 0.254 e. The molecule has 2 aromatic rings. The van der Waals surface area contributed by atoms with Crippen LogP contribution in [0.4, 0.5) is 0 Å². The molecule has 0 aliphatic heterocycles. The lowest BCUT2D eigenvalue weighted by Crippen LogP contribution is -2.26. The quantitative estimate of drug-likeness (QED) is 0.780. The molecule has 1 fully saturated rings. The van der Waals surface area contributed by atoms with Gasteiger partial charge in [-0.15, -0.1) is 0 Å². The van der Waals surface area contributed by atoms with E-state index in [9.17, 15) is 4.79 Å². The molecule has 1 aliphatic rings. The third-order valence-corrected chi connectivity index (χ3v) is 4.54. The molecular formula is C16H19ClN2O. The molecule has 0 aromatic carbocycles. The molecule has 106 valence electrons. The van der Waals surface area contributed by atoms with Crippen LogP contribution in [0.5, 0.6) is 0 Å². The number of nitrogens with zero attached hydrogens (tertiary/aromatic N) is 2. The van der Waals surface area contributed by atoms with Crippen LogP contribution in [0.1, 0.15) is 50.5 Å². The molecule has 20 heavy (non-hydrogen) atoms. The van der Waals surface area contributed by atoms with Crippen molar-refractivity contribution in [2.24, 2.45) is 0 Å². The van der Waals surface area contributed by atoms with E-state index in [1.165, 1.54) is 19.3 Å². The van der Waals surface area contributed by atoms with E-state index in [2.05, 4.69) is 4.98 Å². The monoisotopic (exact) mass is 290 g/mol. The van der Waals surface area contributed by atoms with Gasteiger partial charge < -0.3 is 4.57 Å². The second-order valence-corrected chi connectivity index (χ2v) is 5.94. The molecule has 2 heterocycles. The van der Waals surface area contributed by atoms with Crippen molar-refractivity contribution in [2.75, 3.05) is 0 Å². The fourth-order valence-corrected chi connectivity index (χ4v) is 3.44. The fraction of sp³-hybridized carbons (Fsp3) is 0.500. The number of rotatable bonds is 2. The Hall–Kier alpha value is -1.35. The van der Waals surface area contributed by atoms with Gasteiger partial charge in [-0.05, 0) is 37.8 Å². The molecule has 0 N–H and O–H groups in total. The van der Waals surface area contributed by atoms with E-state index in [1.807, 2.05) is 17.6 Å². The van der Waals surface area contributed by atoms with Crippen LogP contribution in [0.2, 0.25) is 5.15 Å². The van der Waals surface area contributed by atoms with Gasteiger partial charge in [0.2, 0.25) is 0 Å². The van der Waals surface area contributed by atoms with Crippen LogP contribution in [0.3, 0.4) is 0 Å². The third kappa shape index (κ3) is 2.35. The average Bonchev–Trinajstić information content (AvgIpc) is 2.48. The second-order valence-electron chi connectivity index (χ2n) is 5.55. The van der Waals surface area contributed by atoms with E-state index in [4.69, 9.17) is 11.6 Å². The minimum absolute atomic E-state index is 0.147. The summed E-state index contributed by atoms with van der Waals surface area (Å²) in [6, 6.07) is 3.82. The summed E-state index contributed by atoms with van der Waals surface area (Å²) >= 11 is 5.96. The standard InChI is InChI=1S/C16H19ClN2O/c1-2-19-14-9-15(17)18-10-12(14)8-13(16(19)20)11-6-4-3-5-7-11/h8-11H,2-7H2,1H3. The zero-order chi connectivity index (χ0) is 14.1. The Labute approximate surface area is 123 Å². The molecule has 0 amide bonds. The highest BCUT2D eigenvalue weighted by atomic mass is 35.5. The summed E-state index contributed by atoms with van der Waals surface area (Å²) in [6.45, 7) is 2.66. The van der Waals surface area contributed by atoms with Gasteiger partial charge >= 0.3 is 0 Å². The molecule has 0 bridgehead atoms. The lowest BCUT2D eigenvalue weighted by atomic mass is 9.84. The summed E-state index contributed by atoms with van der Waals surface area (Å²) in [5.41, 5.74) is 1.99. The van der Waals surface area contributed by atoms with E-state index in [-0.39, 0.29) is 5.56 Å². The lowest BCUT2D eigenvalue weighted by Gasteiger charge is -2.22. The molecule has 0 saturated heterocycles. The number of hydrogen-bond acceptors (Lipinski definition) is 2. The highest BCUT2D eigenvalue weighted by molar-refractivity contribution is 6.30. The summed E-state index contributed by atoms with van der Waals surface area (Å²) in [7, 11) is 0. The SMILES string of the molecule is CCn1c(=O)c(C2CCCCC2)cc2cnc(Cl)cc21. The molecule has 2 aromatic heterocycles. The predicted octanol–water partition coefficient (Wildman–Crippen LogP) is 4.12. The first-order valence-corrected chi connectivity index (χ1v) is 7.77. The Kier molecular flexibility index (Phi) is 3.79. The van der Waals surface area contributed by atoms with Crippen molar-refractivity contribution in [1.82, 2.24) is 9.55 Å². The van der Waals surface area contributed by atoms with Gasteiger partial charge in [-0.1, -0.05) is 30.9 Å². The normalized spacial score (nSPS) is 16.7. The van der Waals surface area contributed by atoms with Crippen molar-refractivity contribution in [2.45, 2.75) is 51.5 Å². The van der Waals surface area contributed by atoms with Crippen LogP contribution in [0.15, 0.2) is 23.1 Å². The number of aromatic nitrogens is 2. The number of pyridine rings is 2. The maximum absolute atomic E-state index is 12.7. The maximum Gasteiger partial charge on any atom is 0.254 e. The van der Waals surface area contributed by atoms with Gasteiger partial charge in [-0.3, -0.25) is 4.79 Å². The number of fused-ring (bicyclic) bond motifs is 1. The number of aryl methyl sites for hydroxylation is 1. The van der Waals surface area contributed by atoms with Crippen molar-refractivity contribution >= 4 is 22.5 Å². The van der Waals surface area contributed by atoms with E-state index in [0.717, 1.165) is 29.3 Å². The zero-order valence-corrected chi connectivity index (χ0v) is 12.5. The molecule has 0 spiro atoms. The summed E-state index contributed by atoms with van der Waals surface area (Å²) in [5.74, 6) is 0.411. The topological polar surface area (TPSA) is 34.9 Å². The fourth-order valence-electron chi connectivity index (χ4n) is 3.29. The highest BCUT2D eigenvalue weighted by Crippen LogP contribution is 2.32. The van der Waals surface area contributed by atoms with Crippen molar-refractivity contribution in [1.29, 1.82) is 0 Å². The van der Waals surface area contributed by atoms with Crippen molar-refractivity contribution in [3.63, 3.8) is 0 Å². The molecule has 3 rings (SSSR count). The van der Waals surface area contributed by atoms with Crippen LogP contribution in [0.25, 0.3) is 10.9 Å². The van der Waals surface area contributed by atoms with Gasteiger partial charge in [-0.2, -0.15) is 0 Å². The molecule has 0 radical (unpaired) electrons. The summed E-state index contributed by atoms with van der Waals surface area (Å²) in [4.78, 5) is 16.9.